The molecule has 0 amide bonds. The molecule has 0 spiro atoms. The molecule has 0 bridgehead atoms. The van der Waals surface area contributed by atoms with Gasteiger partial charge in [-0.15, -0.1) is 0 Å². The van der Waals surface area contributed by atoms with Gasteiger partial charge in [-0.1, -0.05) is 32.1 Å². The maximum absolute atomic E-state index is 11.7. The zero-order valence-corrected chi connectivity index (χ0v) is 10.9. The second-order valence-electron chi connectivity index (χ2n) is 3.88. The van der Waals surface area contributed by atoms with E-state index in [1.807, 2.05) is 4.31 Å². The molecule has 4 heteroatoms. The fourth-order valence-corrected chi connectivity index (χ4v) is 2.37. The highest BCUT2D eigenvalue weighted by atomic mass is 32.2. The van der Waals surface area contributed by atoms with E-state index in [-0.39, 0.29) is 0 Å². The zero-order valence-electron chi connectivity index (χ0n) is 10.0. The highest BCUT2D eigenvalue weighted by Gasteiger charge is 2.14. The molecule has 1 heterocycles. The Labute approximate surface area is 101 Å². The standard InChI is InChI=1S/C12H21NO2S/c1-2-3-4-5-6-7-12-16(14)13-8-10-15-11-9-13/h2-6,8-11H2,1H3. The van der Waals surface area contributed by atoms with Crippen LogP contribution in [0.5, 0.6) is 0 Å². The lowest BCUT2D eigenvalue weighted by Crippen LogP contribution is -2.36. The minimum Gasteiger partial charge on any atom is -0.379 e. The molecule has 1 aliphatic rings. The van der Waals surface area contributed by atoms with Crippen molar-refractivity contribution >= 4 is 11.0 Å². The van der Waals surface area contributed by atoms with E-state index in [0.29, 0.717) is 13.2 Å². The van der Waals surface area contributed by atoms with Crippen molar-refractivity contribution in [3.63, 3.8) is 0 Å². The number of nitrogens with zero attached hydrogens (tertiary/aromatic N) is 1. The first kappa shape index (κ1) is 13.7. The van der Waals surface area contributed by atoms with E-state index in [1.165, 1.54) is 19.3 Å². The van der Waals surface area contributed by atoms with Crippen molar-refractivity contribution in [1.82, 2.24) is 4.31 Å². The third kappa shape index (κ3) is 5.64. The molecular weight excluding hydrogens is 222 g/mol. The number of hydrogen-bond acceptors (Lipinski definition) is 2. The maximum atomic E-state index is 11.7. The molecule has 3 nitrogen and oxygen atoms in total. The van der Waals surface area contributed by atoms with E-state index < -0.39 is 11.0 Å². The Morgan fingerprint density at radius 2 is 2.00 bits per heavy atom. The van der Waals surface area contributed by atoms with Gasteiger partial charge in [0.2, 0.25) is 0 Å². The summed E-state index contributed by atoms with van der Waals surface area (Å²) in [5.41, 5.74) is 0. The maximum Gasteiger partial charge on any atom is 0.173 e. The average Bonchev–Trinajstić information content (AvgIpc) is 2.34. The van der Waals surface area contributed by atoms with E-state index in [4.69, 9.17) is 4.74 Å². The van der Waals surface area contributed by atoms with Crippen LogP contribution >= 0.6 is 0 Å². The van der Waals surface area contributed by atoms with Gasteiger partial charge in [-0.2, -0.15) is 0 Å². The predicted octanol–water partition coefficient (Wildman–Crippen LogP) is 1.91. The van der Waals surface area contributed by atoms with Crippen molar-refractivity contribution in [2.45, 2.75) is 39.0 Å². The lowest BCUT2D eigenvalue weighted by molar-refractivity contribution is 0.0757. The SMILES string of the molecule is CCCCCCC#CS(=O)N1CCOCC1. The van der Waals surface area contributed by atoms with Crippen molar-refractivity contribution < 1.29 is 8.95 Å². The van der Waals surface area contributed by atoms with Crippen LogP contribution in [-0.2, 0) is 15.7 Å². The third-order valence-electron chi connectivity index (χ3n) is 2.52. The number of rotatable bonds is 5. The van der Waals surface area contributed by atoms with Gasteiger partial charge in [0.1, 0.15) is 0 Å². The van der Waals surface area contributed by atoms with Gasteiger partial charge < -0.3 is 4.74 Å². The van der Waals surface area contributed by atoms with Gasteiger partial charge in [-0.3, -0.25) is 0 Å². The molecule has 1 aliphatic heterocycles. The van der Waals surface area contributed by atoms with Crippen LogP contribution in [0.1, 0.15) is 39.0 Å². The molecule has 0 aromatic rings. The normalized spacial score (nSPS) is 18.8. The Morgan fingerprint density at radius 1 is 1.25 bits per heavy atom. The summed E-state index contributed by atoms with van der Waals surface area (Å²) in [5, 5.41) is 2.82. The van der Waals surface area contributed by atoms with Gasteiger partial charge in [0.15, 0.2) is 11.0 Å². The molecule has 1 atom stereocenters. The molecule has 0 radical (unpaired) electrons. The fourth-order valence-electron chi connectivity index (χ4n) is 1.53. The van der Waals surface area contributed by atoms with Crippen LogP contribution in [0, 0.1) is 11.2 Å². The molecule has 1 unspecified atom stereocenters. The quantitative estimate of drug-likeness (QED) is 0.545. The van der Waals surface area contributed by atoms with Crippen molar-refractivity contribution in [3.8, 4) is 11.2 Å². The highest BCUT2D eigenvalue weighted by molar-refractivity contribution is 7.87. The van der Waals surface area contributed by atoms with Crippen LogP contribution in [-0.4, -0.2) is 34.8 Å². The minimum absolute atomic E-state index is 0.671. The summed E-state index contributed by atoms with van der Waals surface area (Å²) in [6, 6.07) is 0. The van der Waals surface area contributed by atoms with E-state index in [9.17, 15) is 4.21 Å². The van der Waals surface area contributed by atoms with Crippen LogP contribution in [0.2, 0.25) is 0 Å². The monoisotopic (exact) mass is 243 g/mol. The van der Waals surface area contributed by atoms with Gasteiger partial charge in [-0.25, -0.2) is 8.51 Å². The fraction of sp³-hybridized carbons (Fsp3) is 0.833. The molecule has 0 N–H and O–H groups in total. The van der Waals surface area contributed by atoms with E-state index in [0.717, 1.165) is 25.9 Å². The average molecular weight is 243 g/mol. The summed E-state index contributed by atoms with van der Waals surface area (Å²) < 4.78 is 18.8. The Balaban J connectivity index is 2.14. The Hall–Kier alpha value is -0.370. The molecule has 0 aromatic carbocycles. The highest BCUT2D eigenvalue weighted by Crippen LogP contribution is 2.02. The molecule has 16 heavy (non-hydrogen) atoms. The molecule has 0 aliphatic carbocycles. The van der Waals surface area contributed by atoms with E-state index in [2.05, 4.69) is 18.1 Å². The van der Waals surface area contributed by atoms with E-state index in [1.54, 1.807) is 0 Å². The molecule has 0 aromatic heterocycles. The van der Waals surface area contributed by atoms with Gasteiger partial charge in [-0.05, 0) is 6.42 Å². The van der Waals surface area contributed by atoms with Crippen molar-refractivity contribution in [1.29, 1.82) is 0 Å². The van der Waals surface area contributed by atoms with Crippen molar-refractivity contribution in [2.75, 3.05) is 26.3 Å². The van der Waals surface area contributed by atoms with Gasteiger partial charge in [0, 0.05) is 24.8 Å². The summed E-state index contributed by atoms with van der Waals surface area (Å²) in [7, 11) is -1.12. The van der Waals surface area contributed by atoms with Gasteiger partial charge >= 0.3 is 0 Å². The third-order valence-corrected chi connectivity index (χ3v) is 3.67. The molecule has 1 fully saturated rings. The van der Waals surface area contributed by atoms with Crippen molar-refractivity contribution in [3.05, 3.63) is 0 Å². The van der Waals surface area contributed by atoms with Crippen molar-refractivity contribution in [2.24, 2.45) is 0 Å². The largest absolute Gasteiger partial charge is 0.379 e. The summed E-state index contributed by atoms with van der Waals surface area (Å²) in [5.74, 6) is 3.01. The Kier molecular flexibility index (Phi) is 7.48. The first-order valence-corrected chi connectivity index (χ1v) is 7.18. The first-order chi connectivity index (χ1) is 7.84. The Morgan fingerprint density at radius 3 is 2.69 bits per heavy atom. The second-order valence-corrected chi connectivity index (χ2v) is 5.10. The lowest BCUT2D eigenvalue weighted by Gasteiger charge is -2.22. The number of morpholine rings is 1. The zero-order chi connectivity index (χ0) is 11.6. The number of hydrogen-bond donors (Lipinski definition) is 0. The van der Waals surface area contributed by atoms with Crippen LogP contribution < -0.4 is 0 Å². The summed E-state index contributed by atoms with van der Waals surface area (Å²) in [6.07, 6.45) is 5.74. The summed E-state index contributed by atoms with van der Waals surface area (Å²) >= 11 is 0. The van der Waals surface area contributed by atoms with Crippen LogP contribution in [0.3, 0.4) is 0 Å². The minimum atomic E-state index is -1.12. The molecule has 1 saturated heterocycles. The second kappa shape index (κ2) is 8.74. The van der Waals surface area contributed by atoms with Crippen LogP contribution in [0.15, 0.2) is 0 Å². The van der Waals surface area contributed by atoms with E-state index >= 15 is 0 Å². The smallest absolute Gasteiger partial charge is 0.173 e. The molecular formula is C12H21NO2S. The molecule has 1 rings (SSSR count). The Bertz CT molecular complexity index is 264. The molecule has 0 saturated carbocycles. The predicted molar refractivity (Wildman–Crippen MR) is 67.1 cm³/mol. The van der Waals surface area contributed by atoms with Gasteiger partial charge in [0.25, 0.3) is 0 Å². The summed E-state index contributed by atoms with van der Waals surface area (Å²) in [6.45, 7) is 5.00. The number of ether oxygens (including phenoxy) is 1. The number of unbranched alkanes of at least 4 members (excludes halogenated alkanes) is 4. The van der Waals surface area contributed by atoms with Crippen LogP contribution in [0.4, 0.5) is 0 Å². The van der Waals surface area contributed by atoms with Gasteiger partial charge in [0.05, 0.1) is 13.2 Å². The first-order valence-electron chi connectivity index (χ1n) is 6.07. The lowest BCUT2D eigenvalue weighted by atomic mass is 10.2. The van der Waals surface area contributed by atoms with Crippen LogP contribution in [0.25, 0.3) is 0 Å². The summed E-state index contributed by atoms with van der Waals surface area (Å²) in [4.78, 5) is 0. The topological polar surface area (TPSA) is 29.5 Å². The molecule has 92 valence electrons.